The van der Waals surface area contributed by atoms with E-state index in [9.17, 15) is 9.90 Å². The van der Waals surface area contributed by atoms with Crippen molar-refractivity contribution in [1.82, 2.24) is 4.90 Å². The lowest BCUT2D eigenvalue weighted by Gasteiger charge is -2.42. The second-order valence-electron chi connectivity index (χ2n) is 10.1. The highest BCUT2D eigenvalue weighted by Gasteiger charge is 2.38. The number of nitrogens with two attached hydrogens (primary N) is 1. The molecule has 0 heterocycles. The molecule has 0 aliphatic heterocycles. The second kappa shape index (κ2) is 11.7. The summed E-state index contributed by atoms with van der Waals surface area (Å²) in [5.41, 5.74) is 7.99. The average molecular weight is 446 g/mol. The zero-order valence-electron chi connectivity index (χ0n) is 19.5. The fourth-order valence-corrected chi connectivity index (χ4v) is 4.95. The molecule has 2 rings (SSSR count). The molecule has 7 heteroatoms. The number of ether oxygens (including phenoxy) is 1. The van der Waals surface area contributed by atoms with Crippen LogP contribution >= 0.6 is 0 Å². The van der Waals surface area contributed by atoms with Crippen molar-refractivity contribution in [2.75, 3.05) is 6.61 Å². The molecule has 1 aliphatic rings. The number of hydrogen-bond acceptors (Lipinski definition) is 5. The Labute approximate surface area is 188 Å². The molecule has 6 nitrogen and oxygen atoms in total. The molecule has 1 aromatic rings. The van der Waals surface area contributed by atoms with Crippen molar-refractivity contribution in [3.05, 3.63) is 35.4 Å². The molecule has 1 saturated carbocycles. The molecule has 1 amide bonds. The first kappa shape index (κ1) is 25.4. The van der Waals surface area contributed by atoms with Crippen LogP contribution in [0.4, 0.5) is 4.79 Å². The van der Waals surface area contributed by atoms with E-state index in [1.807, 2.05) is 12.1 Å². The van der Waals surface area contributed by atoms with E-state index in [0.717, 1.165) is 37.3 Å². The number of amides is 1. The molecule has 3 atom stereocenters. The first-order chi connectivity index (χ1) is 14.6. The van der Waals surface area contributed by atoms with Crippen LogP contribution in [-0.4, -0.2) is 49.0 Å². The maximum atomic E-state index is 13.3. The van der Waals surface area contributed by atoms with Gasteiger partial charge in [-0.15, -0.1) is 0 Å². The lowest BCUT2D eigenvalue weighted by molar-refractivity contribution is 0.0289. The summed E-state index contributed by atoms with van der Waals surface area (Å²) in [7, 11) is -1.33. The first-order valence-corrected chi connectivity index (χ1v) is 15.2. The predicted molar refractivity (Wildman–Crippen MR) is 126 cm³/mol. The molecular formula is C24H39N3O3Si. The van der Waals surface area contributed by atoms with E-state index < -0.39 is 20.2 Å². The van der Waals surface area contributed by atoms with Crippen molar-refractivity contribution in [2.45, 2.75) is 89.4 Å². The van der Waals surface area contributed by atoms with Crippen LogP contribution in [0.25, 0.3) is 0 Å². The predicted octanol–water partition coefficient (Wildman–Crippen LogP) is 4.49. The molecule has 172 valence electrons. The van der Waals surface area contributed by atoms with Crippen molar-refractivity contribution in [1.29, 1.82) is 5.26 Å². The van der Waals surface area contributed by atoms with E-state index in [0.29, 0.717) is 18.7 Å². The van der Waals surface area contributed by atoms with Crippen LogP contribution in [0.15, 0.2) is 24.3 Å². The molecule has 1 aliphatic carbocycles. The maximum absolute atomic E-state index is 13.3. The fraction of sp³-hybridized carbons (Fsp3) is 0.667. The van der Waals surface area contributed by atoms with Gasteiger partial charge in [0.2, 0.25) is 0 Å². The molecule has 0 aromatic heterocycles. The van der Waals surface area contributed by atoms with E-state index in [1.165, 1.54) is 6.42 Å². The third kappa shape index (κ3) is 7.95. The van der Waals surface area contributed by atoms with Crippen molar-refractivity contribution < 1.29 is 14.6 Å². The summed E-state index contributed by atoms with van der Waals surface area (Å²) in [5.74, 6) is 0.237. The Bertz CT molecular complexity index is 734. The zero-order chi connectivity index (χ0) is 23.0. The molecule has 0 saturated heterocycles. The number of carbonyl (C=O) groups excluding carboxylic acids is 1. The lowest BCUT2D eigenvalue weighted by atomic mass is 9.79. The minimum absolute atomic E-state index is 0.237. The van der Waals surface area contributed by atoms with Crippen molar-refractivity contribution in [3.63, 3.8) is 0 Å². The third-order valence-corrected chi connectivity index (χ3v) is 7.90. The van der Waals surface area contributed by atoms with E-state index in [-0.39, 0.29) is 18.1 Å². The average Bonchev–Trinajstić information content (AvgIpc) is 2.73. The highest BCUT2D eigenvalue weighted by Crippen LogP contribution is 2.32. The minimum Gasteiger partial charge on any atom is -0.450 e. The van der Waals surface area contributed by atoms with Gasteiger partial charge in [0.25, 0.3) is 0 Å². The number of benzene rings is 1. The summed E-state index contributed by atoms with van der Waals surface area (Å²) < 4.78 is 5.73. The smallest absolute Gasteiger partial charge is 0.410 e. The van der Waals surface area contributed by atoms with Crippen molar-refractivity contribution >= 4 is 14.2 Å². The zero-order valence-corrected chi connectivity index (χ0v) is 20.5. The first-order valence-electron chi connectivity index (χ1n) is 11.5. The molecule has 3 N–H and O–H groups in total. The number of hydrogen-bond donors (Lipinski definition) is 2. The quantitative estimate of drug-likeness (QED) is 0.546. The van der Waals surface area contributed by atoms with Crippen LogP contribution in [-0.2, 0) is 11.3 Å². The third-order valence-electron chi connectivity index (χ3n) is 6.19. The summed E-state index contributed by atoms with van der Waals surface area (Å²) in [6, 6.07) is 9.43. The van der Waals surface area contributed by atoms with Gasteiger partial charge in [-0.25, -0.2) is 4.79 Å². The monoisotopic (exact) mass is 445 g/mol. The molecule has 0 bridgehead atoms. The maximum Gasteiger partial charge on any atom is 0.410 e. The fourth-order valence-electron chi connectivity index (χ4n) is 4.24. The molecule has 1 aromatic carbocycles. The van der Waals surface area contributed by atoms with Crippen molar-refractivity contribution in [2.24, 2.45) is 11.7 Å². The van der Waals surface area contributed by atoms with Crippen LogP contribution in [0.2, 0.25) is 25.7 Å². The van der Waals surface area contributed by atoms with Crippen LogP contribution in [0.1, 0.15) is 50.2 Å². The minimum atomic E-state index is -1.33. The second-order valence-corrected chi connectivity index (χ2v) is 15.7. The Morgan fingerprint density at radius 2 is 1.87 bits per heavy atom. The number of aliphatic hydroxyl groups is 1. The summed E-state index contributed by atoms with van der Waals surface area (Å²) in [6.07, 6.45) is 4.32. The Kier molecular flexibility index (Phi) is 9.54. The van der Waals surface area contributed by atoms with E-state index in [4.69, 9.17) is 15.7 Å². The van der Waals surface area contributed by atoms with Crippen LogP contribution in [0, 0.1) is 17.2 Å². The molecule has 0 spiro atoms. The van der Waals surface area contributed by atoms with Crippen molar-refractivity contribution in [3.8, 4) is 6.07 Å². The molecular weight excluding hydrogens is 406 g/mol. The van der Waals surface area contributed by atoms with Crippen LogP contribution in [0.3, 0.4) is 0 Å². The Morgan fingerprint density at radius 1 is 1.26 bits per heavy atom. The molecule has 31 heavy (non-hydrogen) atoms. The van der Waals surface area contributed by atoms with Crippen LogP contribution < -0.4 is 5.73 Å². The SMILES string of the molecule is C[C@@H](O)[C@@H](N)C(C1CCCCC1)N(Cc1ccc(C#N)cc1)C(=O)OCC[Si](C)(C)C. The summed E-state index contributed by atoms with van der Waals surface area (Å²) >= 11 is 0. The summed E-state index contributed by atoms with van der Waals surface area (Å²) in [4.78, 5) is 15.0. The van der Waals surface area contributed by atoms with E-state index in [1.54, 1.807) is 24.0 Å². The lowest BCUT2D eigenvalue weighted by Crippen LogP contribution is -2.58. The van der Waals surface area contributed by atoms with Gasteiger partial charge < -0.3 is 15.6 Å². The number of aliphatic hydroxyl groups excluding tert-OH is 1. The molecule has 1 fully saturated rings. The van der Waals surface area contributed by atoms with Gasteiger partial charge in [0.15, 0.2) is 0 Å². The summed E-state index contributed by atoms with van der Waals surface area (Å²) in [5, 5.41) is 19.4. The number of nitrogens with zero attached hydrogens (tertiary/aromatic N) is 2. The Hall–Kier alpha value is -1.88. The van der Waals surface area contributed by atoms with Gasteiger partial charge in [0, 0.05) is 14.6 Å². The van der Waals surface area contributed by atoms with Gasteiger partial charge in [0.05, 0.1) is 36.4 Å². The Morgan fingerprint density at radius 3 is 2.39 bits per heavy atom. The molecule has 1 unspecified atom stereocenters. The van der Waals surface area contributed by atoms with Gasteiger partial charge in [0.1, 0.15) is 0 Å². The normalized spacial score (nSPS) is 18.0. The highest BCUT2D eigenvalue weighted by molar-refractivity contribution is 6.76. The van der Waals surface area contributed by atoms with Gasteiger partial charge in [-0.2, -0.15) is 5.26 Å². The van der Waals surface area contributed by atoms with Crippen LogP contribution in [0.5, 0.6) is 0 Å². The number of carbonyl (C=O) groups is 1. The summed E-state index contributed by atoms with van der Waals surface area (Å²) in [6.45, 7) is 9.20. The molecule has 0 radical (unpaired) electrons. The van der Waals surface area contributed by atoms with Gasteiger partial charge in [-0.3, -0.25) is 4.90 Å². The highest BCUT2D eigenvalue weighted by atomic mass is 28.3. The van der Waals surface area contributed by atoms with E-state index in [2.05, 4.69) is 25.7 Å². The topological polar surface area (TPSA) is 99.6 Å². The van der Waals surface area contributed by atoms with Gasteiger partial charge >= 0.3 is 6.09 Å². The van der Waals surface area contributed by atoms with Gasteiger partial charge in [-0.1, -0.05) is 51.0 Å². The Balaban J connectivity index is 2.30. The standard InChI is InChI=1S/C24H39N3O3Si/c1-18(28)22(26)23(21-8-6-5-7-9-21)27(24(29)30-14-15-31(2,3)4)17-20-12-10-19(16-25)11-13-20/h10-13,18,21-23,28H,5-9,14-15,17,26H2,1-4H3/t18-,22-,23?/m1/s1. The number of nitriles is 1. The van der Waals surface area contributed by atoms with E-state index >= 15 is 0 Å². The largest absolute Gasteiger partial charge is 0.450 e. The van der Waals surface area contributed by atoms with Gasteiger partial charge in [-0.05, 0) is 49.4 Å². The number of rotatable bonds is 9.